The minimum Gasteiger partial charge on any atom is -0.426 e. The molecule has 22 heavy (non-hydrogen) atoms. The number of benzene rings is 1. The Morgan fingerprint density at radius 1 is 0.818 bits per heavy atom. The van der Waals surface area contributed by atoms with Crippen LogP contribution in [0.2, 0.25) is 0 Å². The second-order valence-corrected chi connectivity index (χ2v) is 6.13. The van der Waals surface area contributed by atoms with E-state index in [0.29, 0.717) is 28.4 Å². The molecule has 0 aliphatic carbocycles. The molecular weight excluding hydrogens is 304 g/mol. The molecule has 0 spiro atoms. The maximum Gasteiger partial charge on any atom is 0.308 e. The lowest BCUT2D eigenvalue weighted by Crippen LogP contribution is -2.11. The summed E-state index contributed by atoms with van der Waals surface area (Å²) in [5, 5.41) is -0.0413. The second-order valence-electron chi connectivity index (χ2n) is 4.98. The van der Waals surface area contributed by atoms with Crippen molar-refractivity contribution in [2.45, 2.75) is 47.3 Å². The number of hydrogen-bond acceptors (Lipinski definition) is 6. The van der Waals surface area contributed by atoms with Gasteiger partial charge in [0.05, 0.1) is 0 Å². The van der Waals surface area contributed by atoms with Crippen LogP contribution in [0, 0.1) is 20.8 Å². The Labute approximate surface area is 134 Å². The van der Waals surface area contributed by atoms with Crippen LogP contribution in [-0.2, 0) is 20.1 Å². The standard InChI is InChI=1S/C16H20O5S/c1-8-9(2)16(21-12(5)18)14(7-22-13(6)19)10(3)15(8)20-11(4)17/h7H2,1-6H3. The molecule has 120 valence electrons. The minimum atomic E-state index is -0.434. The van der Waals surface area contributed by atoms with Crippen LogP contribution < -0.4 is 9.47 Å². The van der Waals surface area contributed by atoms with Gasteiger partial charge in [0.25, 0.3) is 0 Å². The average molecular weight is 324 g/mol. The molecule has 0 fully saturated rings. The summed E-state index contributed by atoms with van der Waals surface area (Å²) in [6.45, 7) is 9.51. The van der Waals surface area contributed by atoms with Gasteiger partial charge in [-0.1, -0.05) is 11.8 Å². The van der Waals surface area contributed by atoms with Crippen molar-refractivity contribution in [1.82, 2.24) is 0 Å². The SMILES string of the molecule is CC(=O)Oc1c(C)c(C)c(OC(C)=O)c(CSC(C)=O)c1C. The van der Waals surface area contributed by atoms with Crippen LogP contribution in [0.3, 0.4) is 0 Å². The number of thioether (sulfide) groups is 1. The summed E-state index contributed by atoms with van der Waals surface area (Å²) in [4.78, 5) is 33.9. The molecule has 0 aliphatic heterocycles. The maximum absolute atomic E-state index is 11.4. The molecule has 0 radical (unpaired) electrons. The van der Waals surface area contributed by atoms with Gasteiger partial charge in [0.15, 0.2) is 5.12 Å². The number of esters is 2. The summed E-state index contributed by atoms with van der Waals surface area (Å²) in [7, 11) is 0. The molecule has 0 N–H and O–H groups in total. The van der Waals surface area contributed by atoms with Gasteiger partial charge >= 0.3 is 11.9 Å². The monoisotopic (exact) mass is 324 g/mol. The number of carbonyl (C=O) groups excluding carboxylic acids is 3. The third-order valence-electron chi connectivity index (χ3n) is 3.22. The van der Waals surface area contributed by atoms with Crippen LogP contribution in [-0.4, -0.2) is 17.1 Å². The molecule has 6 heteroatoms. The molecule has 0 atom stereocenters. The molecular formula is C16H20O5S. The third-order valence-corrected chi connectivity index (χ3v) is 4.06. The number of rotatable bonds is 4. The Bertz CT molecular complexity index is 634. The summed E-state index contributed by atoms with van der Waals surface area (Å²) >= 11 is 1.11. The first-order valence-electron chi connectivity index (χ1n) is 6.78. The van der Waals surface area contributed by atoms with E-state index in [1.165, 1.54) is 20.8 Å². The van der Waals surface area contributed by atoms with Crippen LogP contribution in [0.4, 0.5) is 0 Å². The summed E-state index contributed by atoms with van der Waals surface area (Å²) < 4.78 is 10.6. The van der Waals surface area contributed by atoms with Crippen molar-refractivity contribution in [3.63, 3.8) is 0 Å². The van der Waals surface area contributed by atoms with Crippen molar-refractivity contribution < 1.29 is 23.9 Å². The summed E-state index contributed by atoms with van der Waals surface area (Å²) in [6.07, 6.45) is 0. The van der Waals surface area contributed by atoms with Gasteiger partial charge in [0.1, 0.15) is 11.5 Å². The van der Waals surface area contributed by atoms with Crippen LogP contribution >= 0.6 is 11.8 Å². The molecule has 1 aromatic rings. The smallest absolute Gasteiger partial charge is 0.308 e. The first kappa shape index (κ1) is 18.2. The van der Waals surface area contributed by atoms with E-state index in [1.807, 2.05) is 0 Å². The van der Waals surface area contributed by atoms with Crippen molar-refractivity contribution in [1.29, 1.82) is 0 Å². The van der Waals surface area contributed by atoms with Crippen LogP contribution in [0.5, 0.6) is 11.5 Å². The maximum atomic E-state index is 11.4. The van der Waals surface area contributed by atoms with Gasteiger partial charge in [-0.15, -0.1) is 0 Å². The quantitative estimate of drug-likeness (QED) is 0.625. The van der Waals surface area contributed by atoms with Crippen molar-refractivity contribution in [2.24, 2.45) is 0 Å². The second kappa shape index (κ2) is 7.45. The van der Waals surface area contributed by atoms with E-state index in [9.17, 15) is 14.4 Å². The van der Waals surface area contributed by atoms with Gasteiger partial charge in [-0.25, -0.2) is 0 Å². The van der Waals surface area contributed by atoms with Crippen molar-refractivity contribution in [2.75, 3.05) is 0 Å². The van der Waals surface area contributed by atoms with Gasteiger partial charge in [-0.05, 0) is 37.5 Å². The summed E-state index contributed by atoms with van der Waals surface area (Å²) in [5.74, 6) is 0.388. The molecule has 0 amide bonds. The molecule has 1 aromatic carbocycles. The Kier molecular flexibility index (Phi) is 6.17. The zero-order valence-corrected chi connectivity index (χ0v) is 14.5. The molecule has 5 nitrogen and oxygen atoms in total. The van der Waals surface area contributed by atoms with E-state index in [4.69, 9.17) is 9.47 Å². The molecule has 0 unspecified atom stereocenters. The summed E-state index contributed by atoms with van der Waals surface area (Å²) in [5.41, 5.74) is 2.84. The highest BCUT2D eigenvalue weighted by atomic mass is 32.2. The Morgan fingerprint density at radius 2 is 1.27 bits per heavy atom. The average Bonchev–Trinajstić information content (AvgIpc) is 2.39. The largest absolute Gasteiger partial charge is 0.426 e. The zero-order chi connectivity index (χ0) is 17.0. The number of ether oxygens (including phenoxy) is 2. The topological polar surface area (TPSA) is 69.7 Å². The van der Waals surface area contributed by atoms with E-state index in [-0.39, 0.29) is 5.12 Å². The van der Waals surface area contributed by atoms with Crippen LogP contribution in [0.25, 0.3) is 0 Å². The van der Waals surface area contributed by atoms with E-state index in [2.05, 4.69) is 0 Å². The zero-order valence-electron chi connectivity index (χ0n) is 13.7. The highest BCUT2D eigenvalue weighted by Gasteiger charge is 2.22. The molecule has 0 aromatic heterocycles. The Hall–Kier alpha value is -1.82. The fourth-order valence-electron chi connectivity index (χ4n) is 2.08. The van der Waals surface area contributed by atoms with E-state index in [1.54, 1.807) is 20.8 Å². The Morgan fingerprint density at radius 3 is 1.73 bits per heavy atom. The van der Waals surface area contributed by atoms with Crippen molar-refractivity contribution in [3.8, 4) is 11.5 Å². The lowest BCUT2D eigenvalue weighted by Gasteiger charge is -2.20. The fraction of sp³-hybridized carbons (Fsp3) is 0.438. The molecule has 0 saturated heterocycles. The fourth-order valence-corrected chi connectivity index (χ4v) is 2.78. The molecule has 0 heterocycles. The normalized spacial score (nSPS) is 10.3. The van der Waals surface area contributed by atoms with E-state index < -0.39 is 11.9 Å². The van der Waals surface area contributed by atoms with Gasteiger partial charge in [0, 0.05) is 32.1 Å². The molecule has 0 saturated carbocycles. The van der Waals surface area contributed by atoms with Crippen LogP contribution in [0.15, 0.2) is 0 Å². The number of carbonyl (C=O) groups is 3. The van der Waals surface area contributed by atoms with Crippen LogP contribution in [0.1, 0.15) is 43.0 Å². The van der Waals surface area contributed by atoms with Crippen molar-refractivity contribution >= 4 is 28.8 Å². The lowest BCUT2D eigenvalue weighted by molar-refractivity contribution is -0.133. The van der Waals surface area contributed by atoms with Gasteiger partial charge < -0.3 is 9.47 Å². The first-order chi connectivity index (χ1) is 10.1. The third kappa shape index (κ3) is 4.34. The number of hydrogen-bond donors (Lipinski definition) is 0. The van der Waals surface area contributed by atoms with Crippen molar-refractivity contribution in [3.05, 3.63) is 22.3 Å². The van der Waals surface area contributed by atoms with Gasteiger partial charge in [-0.2, -0.15) is 0 Å². The molecule has 0 aliphatic rings. The van der Waals surface area contributed by atoms with E-state index >= 15 is 0 Å². The van der Waals surface area contributed by atoms with Gasteiger partial charge in [-0.3, -0.25) is 14.4 Å². The van der Waals surface area contributed by atoms with E-state index in [0.717, 1.165) is 22.9 Å². The first-order valence-corrected chi connectivity index (χ1v) is 7.76. The summed E-state index contributed by atoms with van der Waals surface area (Å²) in [6, 6.07) is 0. The molecule has 0 bridgehead atoms. The predicted octanol–water partition coefficient (Wildman–Crippen LogP) is 3.24. The predicted molar refractivity (Wildman–Crippen MR) is 85.2 cm³/mol. The highest BCUT2D eigenvalue weighted by molar-refractivity contribution is 8.12. The lowest BCUT2D eigenvalue weighted by atomic mass is 9.98. The highest BCUT2D eigenvalue weighted by Crippen LogP contribution is 2.39. The minimum absolute atomic E-state index is 0.0413. The van der Waals surface area contributed by atoms with Gasteiger partial charge in [0.2, 0.25) is 0 Å². The molecule has 1 rings (SSSR count). The Balaban J connectivity index is 3.50.